The second-order valence-electron chi connectivity index (χ2n) is 7.01. The van der Waals surface area contributed by atoms with Gasteiger partial charge in [-0.3, -0.25) is 9.69 Å². The number of halogens is 1. The molecule has 0 unspecified atom stereocenters. The number of carbonyl (C=O) groups is 2. The van der Waals surface area contributed by atoms with Crippen LogP contribution in [0.2, 0.25) is 5.02 Å². The fraction of sp³-hybridized carbons (Fsp3) is 0.333. The molecule has 0 aromatic heterocycles. The van der Waals surface area contributed by atoms with Crippen LogP contribution < -0.4 is 15.1 Å². The predicted molar refractivity (Wildman–Crippen MR) is 111 cm³/mol. The Bertz CT molecular complexity index is 871. The van der Waals surface area contributed by atoms with Crippen LogP contribution in [-0.4, -0.2) is 56.1 Å². The molecule has 28 heavy (non-hydrogen) atoms. The van der Waals surface area contributed by atoms with Crippen molar-refractivity contribution < 1.29 is 9.59 Å². The van der Waals surface area contributed by atoms with E-state index in [1.807, 2.05) is 41.3 Å². The summed E-state index contributed by atoms with van der Waals surface area (Å²) in [6, 6.07) is 15.0. The molecular formula is C21H23ClN4O2. The minimum Gasteiger partial charge on any atom is -0.368 e. The summed E-state index contributed by atoms with van der Waals surface area (Å²) >= 11 is 6.33. The fourth-order valence-electron chi connectivity index (χ4n) is 3.75. The third kappa shape index (κ3) is 3.78. The Morgan fingerprint density at radius 2 is 1.71 bits per heavy atom. The van der Waals surface area contributed by atoms with E-state index >= 15 is 0 Å². The molecule has 6 nitrogen and oxygen atoms in total. The third-order valence-electron chi connectivity index (χ3n) is 5.26. The molecule has 0 radical (unpaired) electrons. The molecule has 2 aromatic rings. The highest BCUT2D eigenvalue weighted by molar-refractivity contribution is 6.33. The molecule has 0 saturated carbocycles. The first-order valence-electron chi connectivity index (χ1n) is 9.58. The minimum atomic E-state index is -0.0914. The Hall–Kier alpha value is -2.73. The summed E-state index contributed by atoms with van der Waals surface area (Å²) in [4.78, 5) is 30.5. The number of carbonyl (C=O) groups excluding carboxylic acids is 2. The Balaban J connectivity index is 1.42. The molecule has 0 atom stereocenters. The molecular weight excluding hydrogens is 376 g/mol. The van der Waals surface area contributed by atoms with Crippen molar-refractivity contribution in [3.8, 4) is 0 Å². The van der Waals surface area contributed by atoms with E-state index in [1.54, 1.807) is 17.0 Å². The molecule has 2 saturated heterocycles. The van der Waals surface area contributed by atoms with Crippen LogP contribution in [-0.2, 0) is 0 Å². The van der Waals surface area contributed by atoms with Crippen LogP contribution in [0.1, 0.15) is 16.8 Å². The molecule has 3 amide bonds. The first kappa shape index (κ1) is 18.6. The van der Waals surface area contributed by atoms with E-state index in [0.29, 0.717) is 25.2 Å². The Labute approximate surface area is 169 Å². The SMILES string of the molecule is O=C(c1ccc(N2CCNC2=O)cc1)N1CCCN(c2ccccc2Cl)CC1. The maximum absolute atomic E-state index is 12.9. The maximum Gasteiger partial charge on any atom is 0.321 e. The van der Waals surface area contributed by atoms with Crippen LogP contribution in [0.15, 0.2) is 48.5 Å². The number of para-hydroxylation sites is 1. The summed E-state index contributed by atoms with van der Waals surface area (Å²) in [6.45, 7) is 4.29. The zero-order valence-corrected chi connectivity index (χ0v) is 16.4. The molecule has 2 aliphatic heterocycles. The average molecular weight is 399 g/mol. The van der Waals surface area contributed by atoms with Crippen LogP contribution in [0, 0.1) is 0 Å². The lowest BCUT2D eigenvalue weighted by Crippen LogP contribution is -2.35. The predicted octanol–water partition coefficient (Wildman–Crippen LogP) is 3.22. The van der Waals surface area contributed by atoms with E-state index in [-0.39, 0.29) is 11.9 Å². The molecule has 0 spiro atoms. The van der Waals surface area contributed by atoms with Crippen molar-refractivity contribution in [2.45, 2.75) is 6.42 Å². The van der Waals surface area contributed by atoms with E-state index in [0.717, 1.165) is 42.5 Å². The van der Waals surface area contributed by atoms with Crippen LogP contribution in [0.5, 0.6) is 0 Å². The Kier molecular flexibility index (Phi) is 5.39. The normalized spacial score (nSPS) is 17.5. The summed E-state index contributed by atoms with van der Waals surface area (Å²) in [7, 11) is 0. The van der Waals surface area contributed by atoms with Crippen LogP contribution in [0.25, 0.3) is 0 Å². The third-order valence-corrected chi connectivity index (χ3v) is 5.58. The van der Waals surface area contributed by atoms with E-state index in [1.165, 1.54) is 0 Å². The molecule has 1 N–H and O–H groups in total. The molecule has 2 fully saturated rings. The van der Waals surface area contributed by atoms with Crippen molar-refractivity contribution >= 4 is 34.9 Å². The van der Waals surface area contributed by atoms with Crippen molar-refractivity contribution in [2.75, 3.05) is 49.1 Å². The molecule has 7 heteroatoms. The molecule has 2 aromatic carbocycles. The number of anilines is 2. The Morgan fingerprint density at radius 1 is 0.929 bits per heavy atom. The first-order chi connectivity index (χ1) is 13.6. The summed E-state index contributed by atoms with van der Waals surface area (Å²) in [5.74, 6) is 0.0263. The number of rotatable bonds is 3. The van der Waals surface area contributed by atoms with Gasteiger partial charge >= 0.3 is 6.03 Å². The van der Waals surface area contributed by atoms with Crippen LogP contribution >= 0.6 is 11.6 Å². The van der Waals surface area contributed by atoms with E-state index in [2.05, 4.69) is 10.2 Å². The van der Waals surface area contributed by atoms with Crippen LogP contribution in [0.4, 0.5) is 16.2 Å². The lowest BCUT2D eigenvalue weighted by Gasteiger charge is -2.24. The second kappa shape index (κ2) is 8.10. The second-order valence-corrected chi connectivity index (χ2v) is 7.42. The number of hydrogen-bond acceptors (Lipinski definition) is 3. The van der Waals surface area contributed by atoms with Gasteiger partial charge in [0, 0.05) is 50.5 Å². The lowest BCUT2D eigenvalue weighted by atomic mass is 10.1. The average Bonchev–Trinajstić information content (AvgIpc) is 2.99. The molecule has 0 aliphatic carbocycles. The van der Waals surface area contributed by atoms with Gasteiger partial charge in [-0.15, -0.1) is 0 Å². The van der Waals surface area contributed by atoms with E-state index < -0.39 is 0 Å². The largest absolute Gasteiger partial charge is 0.368 e. The summed E-state index contributed by atoms with van der Waals surface area (Å²) in [5, 5.41) is 3.52. The first-order valence-corrected chi connectivity index (χ1v) is 9.95. The summed E-state index contributed by atoms with van der Waals surface area (Å²) in [5.41, 5.74) is 2.48. The van der Waals surface area contributed by atoms with Gasteiger partial charge in [0.2, 0.25) is 0 Å². The van der Waals surface area contributed by atoms with Gasteiger partial charge in [0.25, 0.3) is 5.91 Å². The molecule has 2 heterocycles. The number of benzene rings is 2. The molecule has 146 valence electrons. The topological polar surface area (TPSA) is 55.9 Å². The number of nitrogens with zero attached hydrogens (tertiary/aromatic N) is 3. The van der Waals surface area contributed by atoms with Gasteiger partial charge in [-0.25, -0.2) is 4.79 Å². The number of hydrogen-bond donors (Lipinski definition) is 1. The van der Waals surface area contributed by atoms with Gasteiger partial charge in [0.1, 0.15) is 0 Å². The highest BCUT2D eigenvalue weighted by atomic mass is 35.5. The molecule has 2 aliphatic rings. The Morgan fingerprint density at radius 3 is 2.43 bits per heavy atom. The van der Waals surface area contributed by atoms with Crippen molar-refractivity contribution in [3.05, 3.63) is 59.1 Å². The highest BCUT2D eigenvalue weighted by Gasteiger charge is 2.23. The van der Waals surface area contributed by atoms with Gasteiger partial charge < -0.3 is 15.1 Å². The van der Waals surface area contributed by atoms with E-state index in [4.69, 9.17) is 11.6 Å². The number of amides is 3. The standard InChI is InChI=1S/C21H23ClN4O2/c22-18-4-1-2-5-19(18)24-11-3-12-25(15-14-24)20(27)16-6-8-17(9-7-16)26-13-10-23-21(26)28/h1-2,4-9H,3,10-15H2,(H,23,28). The van der Waals surface area contributed by atoms with Gasteiger partial charge in [0.05, 0.1) is 10.7 Å². The van der Waals surface area contributed by atoms with E-state index in [9.17, 15) is 9.59 Å². The van der Waals surface area contributed by atoms with Gasteiger partial charge in [-0.05, 0) is 42.8 Å². The lowest BCUT2D eigenvalue weighted by molar-refractivity contribution is 0.0767. The highest BCUT2D eigenvalue weighted by Crippen LogP contribution is 2.26. The van der Waals surface area contributed by atoms with Gasteiger partial charge in [-0.1, -0.05) is 23.7 Å². The molecule has 4 rings (SSSR count). The summed E-state index contributed by atoms with van der Waals surface area (Å²) < 4.78 is 0. The smallest absolute Gasteiger partial charge is 0.321 e. The maximum atomic E-state index is 12.9. The van der Waals surface area contributed by atoms with Crippen molar-refractivity contribution in [3.63, 3.8) is 0 Å². The monoisotopic (exact) mass is 398 g/mol. The molecule has 0 bridgehead atoms. The van der Waals surface area contributed by atoms with Crippen LogP contribution in [0.3, 0.4) is 0 Å². The number of nitrogens with one attached hydrogen (secondary N) is 1. The van der Waals surface area contributed by atoms with Gasteiger partial charge in [0.15, 0.2) is 0 Å². The quantitative estimate of drug-likeness (QED) is 0.863. The number of urea groups is 1. The zero-order chi connectivity index (χ0) is 19.5. The van der Waals surface area contributed by atoms with Crippen molar-refractivity contribution in [1.82, 2.24) is 10.2 Å². The van der Waals surface area contributed by atoms with Crippen molar-refractivity contribution in [1.29, 1.82) is 0 Å². The minimum absolute atomic E-state index is 0.0263. The fourth-order valence-corrected chi connectivity index (χ4v) is 4.01. The van der Waals surface area contributed by atoms with Gasteiger partial charge in [-0.2, -0.15) is 0 Å². The van der Waals surface area contributed by atoms with Crippen molar-refractivity contribution in [2.24, 2.45) is 0 Å². The zero-order valence-electron chi connectivity index (χ0n) is 15.6. The summed E-state index contributed by atoms with van der Waals surface area (Å²) in [6.07, 6.45) is 0.892.